The number of nitrogens with one attached hydrogen (secondary N) is 1. The smallest absolute Gasteiger partial charge is 0.341 e. The molecule has 2 rings (SSSR count). The Kier molecular flexibility index (Phi) is 4.34. The number of nitrogens with two attached hydrogens (primary N) is 1. The van der Waals surface area contributed by atoms with Gasteiger partial charge in [-0.1, -0.05) is 23.7 Å². The van der Waals surface area contributed by atoms with E-state index in [0.29, 0.717) is 11.4 Å². The number of rotatable bonds is 4. The number of sulfone groups is 1. The lowest BCUT2D eigenvalue weighted by Gasteiger charge is -2.13. The van der Waals surface area contributed by atoms with Crippen molar-refractivity contribution in [1.82, 2.24) is 0 Å². The van der Waals surface area contributed by atoms with Crippen LogP contribution < -0.4 is 11.1 Å². The van der Waals surface area contributed by atoms with Gasteiger partial charge in [0.15, 0.2) is 0 Å². The normalized spacial score (nSPS) is 11.6. The highest BCUT2D eigenvalue weighted by Crippen LogP contribution is 2.32. The van der Waals surface area contributed by atoms with Crippen LogP contribution in [0.2, 0.25) is 5.02 Å². The number of nitrogen functional groups attached to an aromatic ring is 1. The molecule has 0 amide bonds. The maximum Gasteiger partial charge on any atom is 0.341 e. The molecule has 0 saturated heterocycles. The van der Waals surface area contributed by atoms with Crippen LogP contribution >= 0.6 is 11.6 Å². The van der Waals surface area contributed by atoms with E-state index in [1.54, 1.807) is 6.07 Å². The highest BCUT2D eigenvalue weighted by atomic mass is 35.5. The molecule has 112 valence electrons. The monoisotopic (exact) mass is 332 g/mol. The number of hydrogen-bond donors (Lipinski definition) is 2. The van der Waals surface area contributed by atoms with E-state index in [1.807, 2.05) is 0 Å². The Morgan fingerprint density at radius 2 is 1.76 bits per heavy atom. The van der Waals surface area contributed by atoms with Crippen LogP contribution in [0.4, 0.5) is 25.8 Å². The van der Waals surface area contributed by atoms with Gasteiger partial charge in [-0.05, 0) is 30.3 Å². The van der Waals surface area contributed by atoms with Crippen molar-refractivity contribution in [2.75, 3.05) is 11.1 Å². The summed E-state index contributed by atoms with van der Waals surface area (Å²) in [6.45, 7) is 0. The summed E-state index contributed by atoms with van der Waals surface area (Å²) in [4.78, 5) is -0.501. The van der Waals surface area contributed by atoms with Crippen LogP contribution in [0.5, 0.6) is 0 Å². The van der Waals surface area contributed by atoms with Crippen molar-refractivity contribution in [3.05, 3.63) is 47.5 Å². The number of benzene rings is 2. The highest BCUT2D eigenvalue weighted by molar-refractivity contribution is 7.91. The van der Waals surface area contributed by atoms with Gasteiger partial charge in [0, 0.05) is 5.69 Å². The van der Waals surface area contributed by atoms with Gasteiger partial charge in [0.05, 0.1) is 21.3 Å². The van der Waals surface area contributed by atoms with E-state index < -0.39 is 20.5 Å². The Morgan fingerprint density at radius 3 is 2.43 bits per heavy atom. The standard InChI is InChI=1S/C13H11ClF2N2O2S/c14-9-6-5-8(17)7-11(9)18-10-3-1-2-4-12(10)21(19,20)13(15)16/h1-7,13,18H,17H2. The summed E-state index contributed by atoms with van der Waals surface area (Å²) in [6.07, 6.45) is 0. The summed E-state index contributed by atoms with van der Waals surface area (Å²) in [5, 5.41) is 3.00. The van der Waals surface area contributed by atoms with Gasteiger partial charge in [-0.3, -0.25) is 0 Å². The molecule has 0 spiro atoms. The minimum atomic E-state index is -4.72. The van der Waals surface area contributed by atoms with E-state index >= 15 is 0 Å². The van der Waals surface area contributed by atoms with Crippen molar-refractivity contribution in [3.8, 4) is 0 Å². The van der Waals surface area contributed by atoms with E-state index in [2.05, 4.69) is 5.32 Å². The summed E-state index contributed by atoms with van der Waals surface area (Å²) < 4.78 is 48.7. The molecule has 0 aliphatic heterocycles. The first-order chi connectivity index (χ1) is 9.82. The summed E-state index contributed by atoms with van der Waals surface area (Å²) in [6, 6.07) is 9.92. The molecule has 3 N–H and O–H groups in total. The second-order valence-electron chi connectivity index (χ2n) is 4.17. The van der Waals surface area contributed by atoms with Crippen molar-refractivity contribution < 1.29 is 17.2 Å². The molecule has 0 aliphatic carbocycles. The molecule has 4 nitrogen and oxygen atoms in total. The molecule has 0 atom stereocenters. The molecule has 0 fully saturated rings. The van der Waals surface area contributed by atoms with Gasteiger partial charge < -0.3 is 11.1 Å². The minimum absolute atomic E-state index is 0.00491. The summed E-state index contributed by atoms with van der Waals surface area (Å²) >= 11 is 5.96. The molecule has 2 aromatic carbocycles. The Labute approximate surface area is 125 Å². The first kappa shape index (κ1) is 15.5. The van der Waals surface area contributed by atoms with Gasteiger partial charge in [0.25, 0.3) is 0 Å². The van der Waals surface area contributed by atoms with Crippen LogP contribution in [-0.4, -0.2) is 14.2 Å². The Hall–Kier alpha value is -1.86. The molecular formula is C13H11ClF2N2O2S. The van der Waals surface area contributed by atoms with E-state index in [-0.39, 0.29) is 10.7 Å². The summed E-state index contributed by atoms with van der Waals surface area (Å²) in [7, 11) is -4.72. The third-order valence-electron chi connectivity index (χ3n) is 2.69. The molecule has 0 bridgehead atoms. The minimum Gasteiger partial charge on any atom is -0.399 e. The fourth-order valence-corrected chi connectivity index (χ4v) is 2.75. The molecule has 0 radical (unpaired) electrons. The van der Waals surface area contributed by atoms with Gasteiger partial charge in [-0.15, -0.1) is 0 Å². The lowest BCUT2D eigenvalue weighted by Crippen LogP contribution is -2.13. The summed E-state index contributed by atoms with van der Waals surface area (Å²) in [5.41, 5.74) is 6.35. The zero-order valence-electron chi connectivity index (χ0n) is 10.6. The van der Waals surface area contributed by atoms with Crippen LogP contribution in [-0.2, 0) is 9.84 Å². The predicted molar refractivity (Wildman–Crippen MR) is 78.8 cm³/mol. The number of hydrogen-bond acceptors (Lipinski definition) is 4. The zero-order valence-corrected chi connectivity index (χ0v) is 12.1. The van der Waals surface area contributed by atoms with Crippen molar-refractivity contribution in [1.29, 1.82) is 0 Å². The van der Waals surface area contributed by atoms with Crippen LogP contribution in [0, 0.1) is 0 Å². The van der Waals surface area contributed by atoms with Crippen LogP contribution in [0.25, 0.3) is 0 Å². The number of para-hydroxylation sites is 1. The van der Waals surface area contributed by atoms with Crippen LogP contribution in [0.15, 0.2) is 47.4 Å². The number of alkyl halides is 2. The zero-order chi connectivity index (χ0) is 15.6. The quantitative estimate of drug-likeness (QED) is 0.838. The largest absolute Gasteiger partial charge is 0.399 e. The van der Waals surface area contributed by atoms with Gasteiger partial charge in [-0.2, -0.15) is 8.78 Å². The predicted octanol–water partition coefficient (Wildman–Crippen LogP) is 3.66. The Bertz CT molecular complexity index is 767. The van der Waals surface area contributed by atoms with E-state index in [9.17, 15) is 17.2 Å². The highest BCUT2D eigenvalue weighted by Gasteiger charge is 2.29. The van der Waals surface area contributed by atoms with Gasteiger partial charge >= 0.3 is 5.76 Å². The van der Waals surface area contributed by atoms with Crippen LogP contribution in [0.1, 0.15) is 0 Å². The molecular weight excluding hydrogens is 322 g/mol. The fraction of sp³-hybridized carbons (Fsp3) is 0.0769. The van der Waals surface area contributed by atoms with Crippen molar-refractivity contribution in [3.63, 3.8) is 0 Å². The lowest BCUT2D eigenvalue weighted by atomic mass is 10.2. The first-order valence-corrected chi connectivity index (χ1v) is 7.68. The molecule has 0 aromatic heterocycles. The molecule has 8 heteroatoms. The second kappa shape index (κ2) is 5.87. The SMILES string of the molecule is Nc1ccc(Cl)c(Nc2ccccc2S(=O)(=O)C(F)F)c1. The first-order valence-electron chi connectivity index (χ1n) is 5.75. The molecule has 0 heterocycles. The summed E-state index contributed by atoms with van der Waals surface area (Å²) in [5.74, 6) is -3.50. The molecule has 21 heavy (non-hydrogen) atoms. The van der Waals surface area contributed by atoms with Crippen molar-refractivity contribution in [2.45, 2.75) is 10.7 Å². The lowest BCUT2D eigenvalue weighted by molar-refractivity contribution is 0.235. The third kappa shape index (κ3) is 3.25. The number of anilines is 3. The van der Waals surface area contributed by atoms with E-state index in [1.165, 1.54) is 30.3 Å². The average Bonchev–Trinajstić information content (AvgIpc) is 2.43. The topological polar surface area (TPSA) is 72.2 Å². The Balaban J connectivity index is 2.49. The Morgan fingerprint density at radius 1 is 1.10 bits per heavy atom. The third-order valence-corrected chi connectivity index (χ3v) is 4.46. The van der Waals surface area contributed by atoms with Gasteiger partial charge in [-0.25, -0.2) is 8.42 Å². The van der Waals surface area contributed by atoms with Crippen LogP contribution in [0.3, 0.4) is 0 Å². The fourth-order valence-electron chi connectivity index (χ4n) is 1.70. The molecule has 2 aromatic rings. The van der Waals surface area contributed by atoms with E-state index in [4.69, 9.17) is 17.3 Å². The van der Waals surface area contributed by atoms with Gasteiger partial charge in [0.1, 0.15) is 0 Å². The maximum atomic E-state index is 12.7. The molecule has 0 saturated carbocycles. The average molecular weight is 333 g/mol. The maximum absolute atomic E-state index is 12.7. The van der Waals surface area contributed by atoms with Gasteiger partial charge in [0.2, 0.25) is 9.84 Å². The number of halogens is 3. The second-order valence-corrected chi connectivity index (χ2v) is 6.46. The van der Waals surface area contributed by atoms with E-state index in [0.717, 1.165) is 6.07 Å². The molecule has 0 unspecified atom stereocenters. The molecule has 0 aliphatic rings. The van der Waals surface area contributed by atoms with Crippen molar-refractivity contribution >= 4 is 38.5 Å². The van der Waals surface area contributed by atoms with Crippen molar-refractivity contribution in [2.24, 2.45) is 0 Å².